The van der Waals surface area contributed by atoms with Crippen LogP contribution in [0.3, 0.4) is 0 Å². The first-order chi connectivity index (χ1) is 9.01. The second kappa shape index (κ2) is 7.76. The maximum Gasteiger partial charge on any atom is 0.317 e. The molecule has 0 bridgehead atoms. The molecule has 1 aromatic rings. The summed E-state index contributed by atoms with van der Waals surface area (Å²) >= 11 is 0. The van der Waals surface area contributed by atoms with Crippen molar-refractivity contribution in [2.24, 2.45) is 0 Å². The van der Waals surface area contributed by atoms with Gasteiger partial charge >= 0.3 is 5.97 Å². The van der Waals surface area contributed by atoms with Crippen molar-refractivity contribution in [1.82, 2.24) is 9.80 Å². The molecule has 106 valence electrons. The maximum absolute atomic E-state index is 10.9. The zero-order chi connectivity index (χ0) is 14.3. The lowest BCUT2D eigenvalue weighted by Gasteiger charge is -2.22. The Morgan fingerprint density at radius 3 is 2.32 bits per heavy atom. The third-order valence-electron chi connectivity index (χ3n) is 2.79. The molecular weight excluding hydrogens is 244 g/mol. The van der Waals surface area contributed by atoms with Crippen LogP contribution in [0.1, 0.15) is 5.56 Å². The van der Waals surface area contributed by atoms with E-state index in [0.29, 0.717) is 6.54 Å². The number of carboxylic acids is 1. The van der Waals surface area contributed by atoms with Crippen LogP contribution in [0, 0.1) is 0 Å². The van der Waals surface area contributed by atoms with E-state index in [0.717, 1.165) is 24.4 Å². The summed E-state index contributed by atoms with van der Waals surface area (Å²) in [5.41, 5.74) is 1.08. The van der Waals surface area contributed by atoms with E-state index >= 15 is 0 Å². The molecule has 1 rings (SSSR count). The second-order valence-electron chi connectivity index (χ2n) is 4.76. The average molecular weight is 266 g/mol. The molecule has 0 aliphatic heterocycles. The van der Waals surface area contributed by atoms with Gasteiger partial charge < -0.3 is 14.7 Å². The van der Waals surface area contributed by atoms with Crippen LogP contribution in [0.2, 0.25) is 0 Å². The van der Waals surface area contributed by atoms with E-state index in [4.69, 9.17) is 9.84 Å². The van der Waals surface area contributed by atoms with Gasteiger partial charge in [-0.15, -0.1) is 0 Å². The third-order valence-corrected chi connectivity index (χ3v) is 2.79. The summed E-state index contributed by atoms with van der Waals surface area (Å²) in [5.74, 6) is 0.00842. The fourth-order valence-corrected chi connectivity index (χ4v) is 1.74. The van der Waals surface area contributed by atoms with Gasteiger partial charge in [0, 0.05) is 19.6 Å². The Labute approximate surface area is 114 Å². The molecule has 0 radical (unpaired) electrons. The number of methoxy groups -OCH3 is 1. The standard InChI is InChI=1S/C14H22N2O3/c1-15(2)8-9-16(11-14(17)18)10-12-4-6-13(19-3)7-5-12/h4-7H,8-11H2,1-3H3,(H,17,18). The predicted molar refractivity (Wildman–Crippen MR) is 74.5 cm³/mol. The number of hydrogen-bond donors (Lipinski definition) is 1. The normalized spacial score (nSPS) is 11.0. The van der Waals surface area contributed by atoms with Crippen molar-refractivity contribution >= 4 is 5.97 Å². The average Bonchev–Trinajstić information content (AvgIpc) is 2.36. The number of benzene rings is 1. The molecule has 1 N–H and O–H groups in total. The van der Waals surface area contributed by atoms with Crippen molar-refractivity contribution < 1.29 is 14.6 Å². The van der Waals surface area contributed by atoms with Crippen LogP contribution in [0.4, 0.5) is 0 Å². The zero-order valence-electron chi connectivity index (χ0n) is 11.8. The molecule has 0 fully saturated rings. The second-order valence-corrected chi connectivity index (χ2v) is 4.76. The molecule has 1 aromatic carbocycles. The van der Waals surface area contributed by atoms with Crippen LogP contribution >= 0.6 is 0 Å². The summed E-state index contributed by atoms with van der Waals surface area (Å²) in [6.45, 7) is 2.25. The van der Waals surface area contributed by atoms with E-state index in [1.54, 1.807) is 7.11 Å². The fourth-order valence-electron chi connectivity index (χ4n) is 1.74. The van der Waals surface area contributed by atoms with Gasteiger partial charge in [-0.05, 0) is 31.8 Å². The zero-order valence-corrected chi connectivity index (χ0v) is 11.8. The van der Waals surface area contributed by atoms with E-state index in [-0.39, 0.29) is 6.54 Å². The lowest BCUT2D eigenvalue weighted by Crippen LogP contribution is -2.35. The Morgan fingerprint density at radius 2 is 1.84 bits per heavy atom. The summed E-state index contributed by atoms with van der Waals surface area (Å²) in [6.07, 6.45) is 0. The Bertz CT molecular complexity index is 390. The van der Waals surface area contributed by atoms with Crippen LogP contribution in [-0.2, 0) is 11.3 Å². The lowest BCUT2D eigenvalue weighted by molar-refractivity contribution is -0.138. The number of likely N-dealkylation sites (N-methyl/N-ethyl adjacent to an activating group) is 1. The van der Waals surface area contributed by atoms with Gasteiger partial charge in [0.05, 0.1) is 13.7 Å². The largest absolute Gasteiger partial charge is 0.497 e. The monoisotopic (exact) mass is 266 g/mol. The molecule has 0 aliphatic rings. The molecule has 0 heterocycles. The quantitative estimate of drug-likeness (QED) is 0.765. The Morgan fingerprint density at radius 1 is 1.21 bits per heavy atom. The number of ether oxygens (including phenoxy) is 1. The first-order valence-electron chi connectivity index (χ1n) is 6.23. The number of carbonyl (C=O) groups is 1. The molecule has 5 heteroatoms. The maximum atomic E-state index is 10.9. The van der Waals surface area contributed by atoms with E-state index < -0.39 is 5.97 Å². The minimum absolute atomic E-state index is 0.0554. The van der Waals surface area contributed by atoms with Gasteiger partial charge in [-0.1, -0.05) is 12.1 Å². The van der Waals surface area contributed by atoms with Crippen molar-refractivity contribution in [2.75, 3.05) is 40.8 Å². The van der Waals surface area contributed by atoms with Gasteiger partial charge in [0.15, 0.2) is 0 Å². The van der Waals surface area contributed by atoms with E-state index in [1.807, 2.05) is 48.2 Å². The van der Waals surface area contributed by atoms with Gasteiger partial charge in [-0.3, -0.25) is 9.69 Å². The highest BCUT2D eigenvalue weighted by Gasteiger charge is 2.10. The number of aliphatic carboxylic acids is 1. The van der Waals surface area contributed by atoms with Gasteiger partial charge in [-0.25, -0.2) is 0 Å². The van der Waals surface area contributed by atoms with Gasteiger partial charge in [0.2, 0.25) is 0 Å². The molecule has 0 atom stereocenters. The van der Waals surface area contributed by atoms with Crippen molar-refractivity contribution in [3.05, 3.63) is 29.8 Å². The first-order valence-corrected chi connectivity index (χ1v) is 6.23. The molecule has 19 heavy (non-hydrogen) atoms. The smallest absolute Gasteiger partial charge is 0.317 e. The highest BCUT2D eigenvalue weighted by atomic mass is 16.5. The molecule has 0 unspecified atom stereocenters. The van der Waals surface area contributed by atoms with Crippen LogP contribution in [0.15, 0.2) is 24.3 Å². The number of hydrogen-bond acceptors (Lipinski definition) is 4. The SMILES string of the molecule is COc1ccc(CN(CCN(C)C)CC(=O)O)cc1. The number of rotatable bonds is 8. The van der Waals surface area contributed by atoms with Crippen LogP contribution in [-0.4, -0.2) is 61.7 Å². The Balaban J connectivity index is 2.61. The van der Waals surface area contributed by atoms with Crippen LogP contribution < -0.4 is 4.74 Å². The Kier molecular flexibility index (Phi) is 6.32. The highest BCUT2D eigenvalue weighted by Crippen LogP contribution is 2.12. The summed E-state index contributed by atoms with van der Waals surface area (Å²) in [5, 5.41) is 8.93. The molecule has 5 nitrogen and oxygen atoms in total. The molecule has 0 spiro atoms. The summed E-state index contributed by atoms with van der Waals surface area (Å²) < 4.78 is 5.10. The molecule has 0 aliphatic carbocycles. The summed E-state index contributed by atoms with van der Waals surface area (Å²) in [6, 6.07) is 7.70. The first kappa shape index (κ1) is 15.5. The molecular formula is C14H22N2O3. The predicted octanol–water partition coefficient (Wildman–Crippen LogP) is 1.14. The summed E-state index contributed by atoms with van der Waals surface area (Å²) in [4.78, 5) is 14.8. The molecule has 0 saturated heterocycles. The van der Waals surface area contributed by atoms with Crippen molar-refractivity contribution in [3.63, 3.8) is 0 Å². The van der Waals surface area contributed by atoms with Crippen LogP contribution in [0.5, 0.6) is 5.75 Å². The number of carboxylic acid groups (broad SMARTS) is 1. The minimum Gasteiger partial charge on any atom is -0.497 e. The topological polar surface area (TPSA) is 53.0 Å². The van der Waals surface area contributed by atoms with E-state index in [9.17, 15) is 4.79 Å². The fraction of sp³-hybridized carbons (Fsp3) is 0.500. The van der Waals surface area contributed by atoms with Crippen LogP contribution in [0.25, 0.3) is 0 Å². The number of nitrogens with zero attached hydrogens (tertiary/aromatic N) is 2. The molecule has 0 aromatic heterocycles. The molecule has 0 amide bonds. The van der Waals surface area contributed by atoms with E-state index in [2.05, 4.69) is 0 Å². The van der Waals surface area contributed by atoms with E-state index in [1.165, 1.54) is 0 Å². The van der Waals surface area contributed by atoms with Gasteiger partial charge in [0.1, 0.15) is 5.75 Å². The third kappa shape index (κ3) is 6.22. The van der Waals surface area contributed by atoms with Gasteiger partial charge in [-0.2, -0.15) is 0 Å². The Hall–Kier alpha value is -1.59. The van der Waals surface area contributed by atoms with Crippen molar-refractivity contribution in [1.29, 1.82) is 0 Å². The van der Waals surface area contributed by atoms with Crippen molar-refractivity contribution in [2.45, 2.75) is 6.54 Å². The molecule has 0 saturated carbocycles. The summed E-state index contributed by atoms with van der Waals surface area (Å²) in [7, 11) is 5.58. The minimum atomic E-state index is -0.799. The lowest BCUT2D eigenvalue weighted by atomic mass is 10.2. The highest BCUT2D eigenvalue weighted by molar-refractivity contribution is 5.69. The van der Waals surface area contributed by atoms with Crippen molar-refractivity contribution in [3.8, 4) is 5.75 Å². The van der Waals surface area contributed by atoms with Gasteiger partial charge in [0.25, 0.3) is 0 Å².